The van der Waals surface area contributed by atoms with Gasteiger partial charge in [-0.25, -0.2) is 4.98 Å². The van der Waals surface area contributed by atoms with E-state index in [1.165, 1.54) is 6.20 Å². The van der Waals surface area contributed by atoms with Crippen LogP contribution in [0.3, 0.4) is 0 Å². The number of rotatable bonds is 6. The molecule has 0 saturated heterocycles. The Morgan fingerprint density at radius 1 is 1.58 bits per heavy atom. The number of aromatic nitrogens is 1. The van der Waals surface area contributed by atoms with Gasteiger partial charge in [0.15, 0.2) is 0 Å². The number of halogens is 1. The van der Waals surface area contributed by atoms with Crippen molar-refractivity contribution in [3.63, 3.8) is 0 Å². The van der Waals surface area contributed by atoms with Crippen LogP contribution >= 0.6 is 11.6 Å². The Kier molecular flexibility index (Phi) is 6.41. The first kappa shape index (κ1) is 15.0. The van der Waals surface area contributed by atoms with E-state index < -0.39 is 5.91 Å². The van der Waals surface area contributed by atoms with Gasteiger partial charge in [-0.1, -0.05) is 6.07 Å². The van der Waals surface area contributed by atoms with Gasteiger partial charge in [0, 0.05) is 24.8 Å². The molecule has 0 aliphatic heterocycles. The Morgan fingerprint density at radius 2 is 2.37 bits per heavy atom. The molecule has 6 heteroatoms. The molecule has 1 amide bonds. The summed E-state index contributed by atoms with van der Waals surface area (Å²) in [6.07, 6.45) is 3.70. The van der Waals surface area contributed by atoms with Crippen LogP contribution in [0.15, 0.2) is 30.1 Å². The van der Waals surface area contributed by atoms with E-state index in [4.69, 9.17) is 16.9 Å². The molecule has 0 aliphatic rings. The van der Waals surface area contributed by atoms with Crippen LogP contribution in [0.1, 0.15) is 12.0 Å². The third kappa shape index (κ3) is 5.40. The largest absolute Gasteiger partial charge is 0.351 e. The van der Waals surface area contributed by atoms with Crippen molar-refractivity contribution in [3.05, 3.63) is 35.7 Å². The summed E-state index contributed by atoms with van der Waals surface area (Å²) in [6.45, 7) is 2.38. The van der Waals surface area contributed by atoms with Crippen LogP contribution in [0, 0.1) is 18.3 Å². The van der Waals surface area contributed by atoms with E-state index in [0.717, 1.165) is 5.56 Å². The van der Waals surface area contributed by atoms with Crippen molar-refractivity contribution >= 4 is 23.3 Å². The highest BCUT2D eigenvalue weighted by atomic mass is 35.5. The lowest BCUT2D eigenvalue weighted by molar-refractivity contribution is -0.117. The summed E-state index contributed by atoms with van der Waals surface area (Å²) in [6, 6.07) is 5.49. The number of hydrogen-bond donors (Lipinski definition) is 2. The molecule has 0 spiro atoms. The van der Waals surface area contributed by atoms with Gasteiger partial charge in [0.05, 0.1) is 0 Å². The number of carbonyl (C=O) groups excluding carboxylic acids is 1. The van der Waals surface area contributed by atoms with Gasteiger partial charge in [0.25, 0.3) is 5.91 Å². The molecule has 1 rings (SSSR count). The fourth-order valence-corrected chi connectivity index (χ4v) is 1.35. The quantitative estimate of drug-likeness (QED) is 0.361. The van der Waals surface area contributed by atoms with E-state index in [1.807, 2.05) is 19.1 Å². The molecule has 100 valence electrons. The second-order valence-corrected chi connectivity index (χ2v) is 4.21. The van der Waals surface area contributed by atoms with Crippen molar-refractivity contribution in [1.29, 1.82) is 5.26 Å². The highest BCUT2D eigenvalue weighted by molar-refractivity contribution is 6.17. The molecule has 0 atom stereocenters. The first-order chi connectivity index (χ1) is 9.17. The van der Waals surface area contributed by atoms with Crippen molar-refractivity contribution in [1.82, 2.24) is 10.3 Å². The van der Waals surface area contributed by atoms with Crippen molar-refractivity contribution in [2.75, 3.05) is 17.7 Å². The lowest BCUT2D eigenvalue weighted by Crippen LogP contribution is -2.26. The minimum Gasteiger partial charge on any atom is -0.351 e. The van der Waals surface area contributed by atoms with E-state index in [9.17, 15) is 4.79 Å². The summed E-state index contributed by atoms with van der Waals surface area (Å²) >= 11 is 5.50. The summed E-state index contributed by atoms with van der Waals surface area (Å²) in [7, 11) is 0. The van der Waals surface area contributed by atoms with Gasteiger partial charge >= 0.3 is 0 Å². The van der Waals surface area contributed by atoms with Gasteiger partial charge in [-0.2, -0.15) is 5.26 Å². The van der Waals surface area contributed by atoms with Gasteiger partial charge in [-0.15, -0.1) is 11.6 Å². The predicted molar refractivity (Wildman–Crippen MR) is 74.6 cm³/mol. The second kappa shape index (κ2) is 8.11. The fraction of sp³-hybridized carbons (Fsp3) is 0.308. The standard InChI is InChI=1S/C13H15ClN4O/c1-10-3-4-12(17-8-10)18-9-11(7-15)13(19)16-6-2-5-14/h3-4,8-9H,2,5-6H2,1H3,(H,16,19)(H,17,18)/b11-9-. The summed E-state index contributed by atoms with van der Waals surface area (Å²) in [5.74, 6) is 0.622. The molecule has 0 saturated carbocycles. The zero-order valence-electron chi connectivity index (χ0n) is 10.6. The molecule has 19 heavy (non-hydrogen) atoms. The second-order valence-electron chi connectivity index (χ2n) is 3.83. The molecule has 1 aromatic heterocycles. The van der Waals surface area contributed by atoms with Crippen molar-refractivity contribution in [2.24, 2.45) is 0 Å². The first-order valence-corrected chi connectivity index (χ1v) is 6.34. The number of anilines is 1. The molecule has 0 aliphatic carbocycles. The maximum atomic E-state index is 11.6. The average Bonchev–Trinajstić information content (AvgIpc) is 2.42. The number of hydrogen-bond acceptors (Lipinski definition) is 4. The zero-order chi connectivity index (χ0) is 14.1. The van der Waals surface area contributed by atoms with Gasteiger partial charge in [-0.05, 0) is 25.0 Å². The molecule has 2 N–H and O–H groups in total. The van der Waals surface area contributed by atoms with E-state index in [-0.39, 0.29) is 5.57 Å². The highest BCUT2D eigenvalue weighted by Gasteiger charge is 2.07. The maximum absolute atomic E-state index is 11.6. The van der Waals surface area contributed by atoms with Crippen LogP contribution in [0.5, 0.6) is 0 Å². The average molecular weight is 279 g/mol. The molecule has 1 aromatic rings. The Balaban J connectivity index is 2.59. The third-order valence-electron chi connectivity index (χ3n) is 2.24. The normalized spacial score (nSPS) is 10.7. The molecule has 0 unspecified atom stereocenters. The molecule has 0 bridgehead atoms. The number of nitrogens with one attached hydrogen (secondary N) is 2. The summed E-state index contributed by atoms with van der Waals surface area (Å²) < 4.78 is 0. The smallest absolute Gasteiger partial charge is 0.263 e. The van der Waals surface area contributed by atoms with Crippen LogP contribution in [0.4, 0.5) is 5.82 Å². The third-order valence-corrected chi connectivity index (χ3v) is 2.50. The maximum Gasteiger partial charge on any atom is 0.263 e. The summed E-state index contributed by atoms with van der Waals surface area (Å²) in [4.78, 5) is 15.7. The van der Waals surface area contributed by atoms with Crippen LogP contribution < -0.4 is 10.6 Å². The molecular formula is C13H15ClN4O. The zero-order valence-corrected chi connectivity index (χ0v) is 11.4. The topological polar surface area (TPSA) is 77.8 Å². The van der Waals surface area contributed by atoms with Crippen LogP contribution in [-0.2, 0) is 4.79 Å². The SMILES string of the molecule is Cc1ccc(N/C=C(/C#N)C(=O)NCCCCl)nc1. The lowest BCUT2D eigenvalue weighted by Gasteiger charge is -2.03. The van der Waals surface area contributed by atoms with E-state index >= 15 is 0 Å². The Bertz CT molecular complexity index is 490. The predicted octanol–water partition coefficient (Wildman–Crippen LogP) is 1.95. The minimum absolute atomic E-state index is 0.00283. The number of nitriles is 1. The van der Waals surface area contributed by atoms with Crippen molar-refractivity contribution < 1.29 is 4.79 Å². The fourth-order valence-electron chi connectivity index (χ4n) is 1.21. The van der Waals surface area contributed by atoms with Crippen molar-refractivity contribution in [2.45, 2.75) is 13.3 Å². The molecule has 0 fully saturated rings. The number of alkyl halides is 1. The van der Waals surface area contributed by atoms with Crippen molar-refractivity contribution in [3.8, 4) is 6.07 Å². The van der Waals surface area contributed by atoms with Crippen LogP contribution in [0.25, 0.3) is 0 Å². The van der Waals surface area contributed by atoms with E-state index in [1.54, 1.807) is 12.3 Å². The molecule has 5 nitrogen and oxygen atoms in total. The summed E-state index contributed by atoms with van der Waals surface area (Å²) in [5, 5.41) is 14.3. The highest BCUT2D eigenvalue weighted by Crippen LogP contribution is 2.04. The minimum atomic E-state index is -0.424. The Labute approximate surface area is 117 Å². The number of nitrogens with zero attached hydrogens (tertiary/aromatic N) is 2. The summed E-state index contributed by atoms with van der Waals surface area (Å²) in [5.41, 5.74) is 1.03. The lowest BCUT2D eigenvalue weighted by atomic mass is 10.3. The Morgan fingerprint density at radius 3 is 2.95 bits per heavy atom. The number of amides is 1. The molecule has 0 aromatic carbocycles. The van der Waals surface area contributed by atoms with E-state index in [0.29, 0.717) is 24.7 Å². The van der Waals surface area contributed by atoms with E-state index in [2.05, 4.69) is 15.6 Å². The Hall–Kier alpha value is -2.06. The van der Waals surface area contributed by atoms with Gasteiger partial charge in [0.2, 0.25) is 0 Å². The molecule has 1 heterocycles. The van der Waals surface area contributed by atoms with Gasteiger partial charge in [0.1, 0.15) is 17.5 Å². The molecular weight excluding hydrogens is 264 g/mol. The monoisotopic (exact) mass is 278 g/mol. The molecule has 0 radical (unpaired) electrons. The van der Waals surface area contributed by atoms with Crippen LogP contribution in [-0.4, -0.2) is 23.3 Å². The number of carbonyl (C=O) groups is 1. The number of pyridine rings is 1. The van der Waals surface area contributed by atoms with Crippen LogP contribution in [0.2, 0.25) is 0 Å². The number of aryl methyl sites for hydroxylation is 1. The van der Waals surface area contributed by atoms with Gasteiger partial charge < -0.3 is 10.6 Å². The van der Waals surface area contributed by atoms with Gasteiger partial charge in [-0.3, -0.25) is 4.79 Å². The first-order valence-electron chi connectivity index (χ1n) is 5.81.